The largest absolute Gasteiger partial charge is 0.481 e. The standard InChI is InChI=1S/C12H21NO5/c1-12(2)8(9(12)11(16)17)10(15)13-7(4-5-14)6-18-3/h7-9,14H,4-6H2,1-3H3,(H,13,15)(H,16,17). The van der Waals surface area contributed by atoms with E-state index in [2.05, 4.69) is 5.32 Å². The Morgan fingerprint density at radius 3 is 2.39 bits per heavy atom. The lowest BCUT2D eigenvalue weighted by atomic mass is 10.1. The summed E-state index contributed by atoms with van der Waals surface area (Å²) >= 11 is 0. The molecule has 3 N–H and O–H groups in total. The van der Waals surface area contributed by atoms with Gasteiger partial charge >= 0.3 is 5.97 Å². The molecule has 0 aliphatic heterocycles. The van der Waals surface area contributed by atoms with Crippen LogP contribution in [0.5, 0.6) is 0 Å². The third-order valence-corrected chi connectivity index (χ3v) is 3.57. The van der Waals surface area contributed by atoms with E-state index < -0.39 is 23.2 Å². The monoisotopic (exact) mass is 259 g/mol. The van der Waals surface area contributed by atoms with Gasteiger partial charge in [-0.25, -0.2) is 0 Å². The van der Waals surface area contributed by atoms with Crippen LogP contribution in [0, 0.1) is 17.3 Å². The number of carbonyl (C=O) groups is 2. The van der Waals surface area contributed by atoms with Gasteiger partial charge in [-0.15, -0.1) is 0 Å². The summed E-state index contributed by atoms with van der Waals surface area (Å²) in [6.07, 6.45) is 0.393. The number of nitrogens with one attached hydrogen (secondary N) is 1. The lowest BCUT2D eigenvalue weighted by Gasteiger charge is -2.17. The van der Waals surface area contributed by atoms with Crippen LogP contribution in [0.15, 0.2) is 0 Å². The van der Waals surface area contributed by atoms with Crippen LogP contribution in [0.3, 0.4) is 0 Å². The Labute approximate surface area is 106 Å². The maximum absolute atomic E-state index is 12.0. The number of carboxylic acids is 1. The third kappa shape index (κ3) is 3.00. The average Bonchev–Trinajstić information content (AvgIpc) is 2.82. The average molecular weight is 259 g/mol. The van der Waals surface area contributed by atoms with Crippen molar-refractivity contribution in [1.82, 2.24) is 5.32 Å². The molecule has 0 heterocycles. The number of carbonyl (C=O) groups excluding carboxylic acids is 1. The van der Waals surface area contributed by atoms with Gasteiger partial charge in [0.15, 0.2) is 0 Å². The molecule has 0 aromatic heterocycles. The lowest BCUT2D eigenvalue weighted by molar-refractivity contribution is -0.140. The Morgan fingerprint density at radius 1 is 1.39 bits per heavy atom. The molecule has 6 heteroatoms. The molecule has 1 fully saturated rings. The molecule has 1 amide bonds. The molecule has 0 aromatic rings. The second kappa shape index (κ2) is 5.67. The molecule has 3 atom stereocenters. The summed E-state index contributed by atoms with van der Waals surface area (Å²) in [6, 6.07) is -0.279. The quantitative estimate of drug-likeness (QED) is 0.591. The molecule has 1 saturated carbocycles. The predicted molar refractivity (Wildman–Crippen MR) is 63.9 cm³/mol. The van der Waals surface area contributed by atoms with Gasteiger partial charge in [-0.2, -0.15) is 0 Å². The van der Waals surface area contributed by atoms with Gasteiger partial charge < -0.3 is 20.3 Å². The van der Waals surface area contributed by atoms with Crippen LogP contribution in [0.2, 0.25) is 0 Å². The van der Waals surface area contributed by atoms with Gasteiger partial charge in [0.25, 0.3) is 0 Å². The number of carboxylic acid groups (broad SMARTS) is 1. The minimum atomic E-state index is -0.939. The fourth-order valence-electron chi connectivity index (χ4n) is 2.43. The van der Waals surface area contributed by atoms with Gasteiger partial charge in [0.05, 0.1) is 24.5 Å². The minimum Gasteiger partial charge on any atom is -0.481 e. The number of aliphatic carboxylic acids is 1. The highest BCUT2D eigenvalue weighted by molar-refractivity contribution is 5.91. The zero-order valence-corrected chi connectivity index (χ0v) is 11.0. The minimum absolute atomic E-state index is 0.0509. The van der Waals surface area contributed by atoms with E-state index in [-0.39, 0.29) is 18.6 Å². The van der Waals surface area contributed by atoms with Crippen LogP contribution >= 0.6 is 0 Å². The molecular formula is C12H21NO5. The van der Waals surface area contributed by atoms with Crippen molar-refractivity contribution in [3.05, 3.63) is 0 Å². The Kier molecular flexibility index (Phi) is 4.70. The second-order valence-electron chi connectivity index (χ2n) is 5.29. The number of amides is 1. The fourth-order valence-corrected chi connectivity index (χ4v) is 2.43. The number of rotatable bonds is 7. The molecule has 104 valence electrons. The summed E-state index contributed by atoms with van der Waals surface area (Å²) in [5, 5.41) is 20.6. The molecule has 1 aliphatic rings. The number of aliphatic hydroxyl groups excluding tert-OH is 1. The van der Waals surface area contributed by atoms with Crippen molar-refractivity contribution in [3.63, 3.8) is 0 Å². The van der Waals surface area contributed by atoms with Crippen molar-refractivity contribution >= 4 is 11.9 Å². The number of aliphatic hydroxyl groups is 1. The van der Waals surface area contributed by atoms with Gasteiger partial charge in [0.2, 0.25) is 5.91 Å². The van der Waals surface area contributed by atoms with E-state index in [4.69, 9.17) is 14.9 Å². The highest BCUT2D eigenvalue weighted by Gasteiger charge is 2.65. The summed E-state index contributed by atoms with van der Waals surface area (Å²) in [4.78, 5) is 23.0. The van der Waals surface area contributed by atoms with Crippen molar-refractivity contribution in [2.24, 2.45) is 17.3 Å². The summed E-state index contributed by atoms with van der Waals surface area (Å²) < 4.78 is 4.94. The lowest BCUT2D eigenvalue weighted by Crippen LogP contribution is -2.40. The molecular weight excluding hydrogens is 238 g/mol. The maximum atomic E-state index is 12.0. The van der Waals surface area contributed by atoms with Crippen molar-refractivity contribution in [3.8, 4) is 0 Å². The summed E-state index contributed by atoms with van der Waals surface area (Å²) in [6.45, 7) is 3.79. The Morgan fingerprint density at radius 2 is 2.00 bits per heavy atom. The SMILES string of the molecule is COCC(CCO)NC(=O)C1C(C(=O)O)C1(C)C. The van der Waals surface area contributed by atoms with Crippen molar-refractivity contribution in [1.29, 1.82) is 0 Å². The second-order valence-corrected chi connectivity index (χ2v) is 5.29. The number of ether oxygens (including phenoxy) is 1. The molecule has 0 spiro atoms. The first-order valence-corrected chi connectivity index (χ1v) is 5.99. The number of methoxy groups -OCH3 is 1. The molecule has 0 radical (unpaired) electrons. The Balaban J connectivity index is 2.58. The van der Waals surface area contributed by atoms with Crippen LogP contribution in [-0.4, -0.2) is 48.5 Å². The summed E-state index contributed by atoms with van der Waals surface area (Å²) in [7, 11) is 1.51. The van der Waals surface area contributed by atoms with Crippen molar-refractivity contribution < 1.29 is 24.5 Å². The highest BCUT2D eigenvalue weighted by atomic mass is 16.5. The topological polar surface area (TPSA) is 95.9 Å². The first-order valence-electron chi connectivity index (χ1n) is 5.99. The van der Waals surface area contributed by atoms with Crippen LogP contribution in [-0.2, 0) is 14.3 Å². The predicted octanol–water partition coefficient (Wildman–Crippen LogP) is -0.143. The molecule has 0 saturated heterocycles. The van der Waals surface area contributed by atoms with E-state index in [9.17, 15) is 9.59 Å². The van der Waals surface area contributed by atoms with Gasteiger partial charge in [-0.3, -0.25) is 9.59 Å². The number of hydrogen-bond acceptors (Lipinski definition) is 4. The van der Waals surface area contributed by atoms with Crippen LogP contribution in [0.1, 0.15) is 20.3 Å². The first kappa shape index (κ1) is 14.9. The molecule has 18 heavy (non-hydrogen) atoms. The number of hydrogen-bond donors (Lipinski definition) is 3. The molecule has 1 rings (SSSR count). The zero-order chi connectivity index (χ0) is 13.9. The molecule has 0 bridgehead atoms. The summed E-state index contributed by atoms with van der Waals surface area (Å²) in [5.74, 6) is -2.35. The van der Waals surface area contributed by atoms with E-state index >= 15 is 0 Å². The molecule has 6 nitrogen and oxygen atoms in total. The zero-order valence-electron chi connectivity index (χ0n) is 11.0. The first-order chi connectivity index (χ1) is 8.36. The molecule has 3 unspecified atom stereocenters. The van der Waals surface area contributed by atoms with E-state index in [0.717, 1.165) is 0 Å². The smallest absolute Gasteiger partial charge is 0.307 e. The Bertz CT molecular complexity index is 322. The fraction of sp³-hybridized carbons (Fsp3) is 0.833. The summed E-state index contributed by atoms with van der Waals surface area (Å²) in [5.41, 5.74) is -0.507. The van der Waals surface area contributed by atoms with Gasteiger partial charge in [-0.05, 0) is 11.8 Å². The van der Waals surface area contributed by atoms with E-state index in [1.807, 2.05) is 0 Å². The van der Waals surface area contributed by atoms with E-state index in [1.54, 1.807) is 13.8 Å². The van der Waals surface area contributed by atoms with E-state index in [1.165, 1.54) is 7.11 Å². The van der Waals surface area contributed by atoms with Crippen LogP contribution in [0.4, 0.5) is 0 Å². The van der Waals surface area contributed by atoms with Gasteiger partial charge in [0.1, 0.15) is 0 Å². The highest BCUT2D eigenvalue weighted by Crippen LogP contribution is 2.58. The van der Waals surface area contributed by atoms with Crippen molar-refractivity contribution in [2.45, 2.75) is 26.3 Å². The van der Waals surface area contributed by atoms with Gasteiger partial charge in [0, 0.05) is 13.7 Å². The van der Waals surface area contributed by atoms with Crippen LogP contribution in [0.25, 0.3) is 0 Å². The molecule has 0 aromatic carbocycles. The Hall–Kier alpha value is -1.14. The van der Waals surface area contributed by atoms with Gasteiger partial charge in [-0.1, -0.05) is 13.8 Å². The normalized spacial score (nSPS) is 26.4. The maximum Gasteiger partial charge on any atom is 0.307 e. The van der Waals surface area contributed by atoms with Crippen molar-refractivity contribution in [2.75, 3.05) is 20.3 Å². The van der Waals surface area contributed by atoms with Crippen LogP contribution < -0.4 is 5.32 Å². The van der Waals surface area contributed by atoms with E-state index in [0.29, 0.717) is 13.0 Å². The third-order valence-electron chi connectivity index (χ3n) is 3.57. The molecule has 1 aliphatic carbocycles.